The highest BCUT2D eigenvalue weighted by molar-refractivity contribution is 5.95. The van der Waals surface area contributed by atoms with E-state index in [2.05, 4.69) is 0 Å². The van der Waals surface area contributed by atoms with Gasteiger partial charge < -0.3 is 19.3 Å². The van der Waals surface area contributed by atoms with Gasteiger partial charge in [0.1, 0.15) is 11.4 Å². The van der Waals surface area contributed by atoms with E-state index in [1.807, 2.05) is 57.7 Å². The Balaban J connectivity index is 1.88. The molecular formula is C31H43FN2O4. The highest BCUT2D eigenvalue weighted by Gasteiger charge is 2.34. The number of unbranched alkanes of at least 4 members (excludes halogenated alkanes) is 1. The summed E-state index contributed by atoms with van der Waals surface area (Å²) in [5.41, 5.74) is 2.29. The average Bonchev–Trinajstić information content (AvgIpc) is 2.86. The molecule has 208 valence electrons. The highest BCUT2D eigenvalue weighted by atomic mass is 19.1. The zero-order valence-corrected chi connectivity index (χ0v) is 23.8. The number of likely N-dealkylation sites (tertiary alicyclic amines) is 1. The second kappa shape index (κ2) is 13.2. The summed E-state index contributed by atoms with van der Waals surface area (Å²) in [4.78, 5) is 30.3. The number of ether oxygens (including phenoxy) is 2. The number of rotatable bonds is 9. The first-order valence-electron chi connectivity index (χ1n) is 13.7. The minimum Gasteiger partial charge on any atom is -0.444 e. The lowest BCUT2D eigenvalue weighted by molar-refractivity contribution is 0.00752. The van der Waals surface area contributed by atoms with Crippen LogP contribution in [0.3, 0.4) is 0 Å². The zero-order chi connectivity index (χ0) is 27.9. The van der Waals surface area contributed by atoms with Crippen molar-refractivity contribution in [1.82, 2.24) is 9.80 Å². The Morgan fingerprint density at radius 1 is 1.11 bits per heavy atom. The molecule has 1 heterocycles. The topological polar surface area (TPSA) is 59.1 Å². The van der Waals surface area contributed by atoms with Gasteiger partial charge >= 0.3 is 6.09 Å². The monoisotopic (exact) mass is 526 g/mol. The third kappa shape index (κ3) is 7.79. The minimum atomic E-state index is -0.572. The standard InChI is InChI=1S/C31H43FN2O4/c1-22(2)34(25-13-11-18-33(21-25)30(36)38-31(3,4)5)29(35)24-16-17-26(27-14-7-8-15-28(27)32)23(20-24)12-9-10-19-37-6/h7-8,14-17,20,22,25H,9-13,18-19,21H2,1-6H3/t25-/m1/s1. The van der Waals surface area contributed by atoms with Crippen molar-refractivity contribution in [3.05, 3.63) is 59.4 Å². The maximum absolute atomic E-state index is 14.7. The Morgan fingerprint density at radius 2 is 1.84 bits per heavy atom. The van der Waals surface area contributed by atoms with Crippen molar-refractivity contribution in [1.29, 1.82) is 0 Å². The summed E-state index contributed by atoms with van der Waals surface area (Å²) in [6.07, 6.45) is 3.75. The lowest BCUT2D eigenvalue weighted by Gasteiger charge is -2.41. The van der Waals surface area contributed by atoms with Crippen molar-refractivity contribution in [2.24, 2.45) is 0 Å². The molecule has 0 radical (unpaired) electrons. The molecule has 1 aliphatic rings. The third-order valence-corrected chi connectivity index (χ3v) is 6.79. The summed E-state index contributed by atoms with van der Waals surface area (Å²) in [7, 11) is 1.68. The quantitative estimate of drug-likeness (QED) is 0.341. The number of piperidine rings is 1. The Bertz CT molecular complexity index is 1100. The van der Waals surface area contributed by atoms with E-state index in [1.54, 1.807) is 30.2 Å². The van der Waals surface area contributed by atoms with Crippen LogP contribution >= 0.6 is 0 Å². The summed E-state index contributed by atoms with van der Waals surface area (Å²) in [6.45, 7) is 11.3. The van der Waals surface area contributed by atoms with Gasteiger partial charge in [-0.05, 0) is 96.0 Å². The molecule has 0 aliphatic carbocycles. The lowest BCUT2D eigenvalue weighted by atomic mass is 9.93. The van der Waals surface area contributed by atoms with E-state index in [-0.39, 0.29) is 29.9 Å². The van der Waals surface area contributed by atoms with Gasteiger partial charge in [-0.3, -0.25) is 4.79 Å². The van der Waals surface area contributed by atoms with E-state index in [1.165, 1.54) is 6.07 Å². The van der Waals surface area contributed by atoms with Crippen LogP contribution in [0.5, 0.6) is 0 Å². The Kier molecular flexibility index (Phi) is 10.3. The molecule has 2 aromatic carbocycles. The van der Waals surface area contributed by atoms with Crippen molar-refractivity contribution >= 4 is 12.0 Å². The van der Waals surface area contributed by atoms with E-state index in [0.29, 0.717) is 37.2 Å². The number of amides is 2. The summed E-state index contributed by atoms with van der Waals surface area (Å²) in [5.74, 6) is -0.354. The molecule has 1 aliphatic heterocycles. The number of halogens is 1. The number of hydrogen-bond acceptors (Lipinski definition) is 4. The lowest BCUT2D eigenvalue weighted by Crippen LogP contribution is -2.54. The van der Waals surface area contributed by atoms with Gasteiger partial charge in [-0.1, -0.05) is 24.3 Å². The zero-order valence-electron chi connectivity index (χ0n) is 23.8. The molecular weight excluding hydrogens is 483 g/mol. The maximum Gasteiger partial charge on any atom is 0.410 e. The van der Waals surface area contributed by atoms with Crippen LogP contribution in [0.15, 0.2) is 42.5 Å². The number of carbonyl (C=O) groups is 2. The predicted molar refractivity (Wildman–Crippen MR) is 149 cm³/mol. The minimum absolute atomic E-state index is 0.0533. The van der Waals surface area contributed by atoms with Crippen LogP contribution in [-0.4, -0.2) is 66.3 Å². The van der Waals surface area contributed by atoms with E-state index in [9.17, 15) is 14.0 Å². The van der Waals surface area contributed by atoms with Crippen molar-refractivity contribution in [2.45, 2.75) is 84.4 Å². The first-order valence-corrected chi connectivity index (χ1v) is 13.7. The molecule has 0 unspecified atom stereocenters. The second-order valence-electron chi connectivity index (χ2n) is 11.3. The van der Waals surface area contributed by atoms with Gasteiger partial charge in [-0.25, -0.2) is 9.18 Å². The smallest absolute Gasteiger partial charge is 0.410 e. The first-order chi connectivity index (χ1) is 18.0. The normalized spacial score (nSPS) is 16.0. The SMILES string of the molecule is COCCCCc1cc(C(=O)N(C(C)C)[C@@H]2CCCN(C(=O)OC(C)(C)C)C2)ccc1-c1ccccc1F. The fourth-order valence-corrected chi connectivity index (χ4v) is 5.08. The van der Waals surface area contributed by atoms with Gasteiger partial charge in [-0.2, -0.15) is 0 Å². The largest absolute Gasteiger partial charge is 0.444 e. The van der Waals surface area contributed by atoms with E-state index in [4.69, 9.17) is 9.47 Å². The van der Waals surface area contributed by atoms with Crippen LogP contribution in [0, 0.1) is 5.82 Å². The van der Waals surface area contributed by atoms with E-state index in [0.717, 1.165) is 36.8 Å². The van der Waals surface area contributed by atoms with Gasteiger partial charge in [0.25, 0.3) is 5.91 Å². The Hall–Kier alpha value is -2.93. The van der Waals surface area contributed by atoms with Gasteiger partial charge in [0.15, 0.2) is 0 Å². The van der Waals surface area contributed by atoms with Crippen LogP contribution in [0.2, 0.25) is 0 Å². The molecule has 0 spiro atoms. The fourth-order valence-electron chi connectivity index (χ4n) is 5.08. The molecule has 2 aromatic rings. The van der Waals surface area contributed by atoms with Gasteiger partial charge in [0.05, 0.1) is 6.04 Å². The number of benzene rings is 2. The summed E-state index contributed by atoms with van der Waals surface area (Å²) >= 11 is 0. The van der Waals surface area contributed by atoms with Crippen molar-refractivity contribution in [2.75, 3.05) is 26.8 Å². The molecule has 38 heavy (non-hydrogen) atoms. The summed E-state index contributed by atoms with van der Waals surface area (Å²) < 4.78 is 25.5. The van der Waals surface area contributed by atoms with Crippen molar-refractivity contribution in [3.8, 4) is 11.1 Å². The molecule has 1 saturated heterocycles. The van der Waals surface area contributed by atoms with Crippen LogP contribution in [0.4, 0.5) is 9.18 Å². The first kappa shape index (κ1) is 29.6. The molecule has 6 nitrogen and oxygen atoms in total. The Labute approximate surface area is 227 Å². The summed E-state index contributed by atoms with van der Waals surface area (Å²) in [5, 5.41) is 0. The molecule has 0 saturated carbocycles. The maximum atomic E-state index is 14.7. The van der Waals surface area contributed by atoms with Crippen molar-refractivity contribution < 1.29 is 23.5 Å². The molecule has 7 heteroatoms. The predicted octanol–water partition coefficient (Wildman–Crippen LogP) is 6.71. The number of aryl methyl sites for hydroxylation is 1. The van der Waals surface area contributed by atoms with Crippen LogP contribution < -0.4 is 0 Å². The third-order valence-electron chi connectivity index (χ3n) is 6.79. The Morgan fingerprint density at radius 3 is 2.50 bits per heavy atom. The molecule has 0 N–H and O–H groups in total. The van der Waals surface area contributed by atoms with E-state index < -0.39 is 5.60 Å². The van der Waals surface area contributed by atoms with Crippen molar-refractivity contribution in [3.63, 3.8) is 0 Å². The molecule has 0 aromatic heterocycles. The molecule has 2 amide bonds. The van der Waals surface area contributed by atoms with Crippen LogP contribution in [0.1, 0.15) is 76.2 Å². The van der Waals surface area contributed by atoms with Crippen LogP contribution in [-0.2, 0) is 15.9 Å². The number of nitrogens with zero attached hydrogens (tertiary/aromatic N) is 2. The van der Waals surface area contributed by atoms with Gasteiger partial charge in [0, 0.05) is 44.0 Å². The molecule has 1 atom stereocenters. The van der Waals surface area contributed by atoms with Gasteiger partial charge in [0.2, 0.25) is 0 Å². The van der Waals surface area contributed by atoms with Crippen LogP contribution in [0.25, 0.3) is 11.1 Å². The number of methoxy groups -OCH3 is 1. The number of hydrogen-bond donors (Lipinski definition) is 0. The highest BCUT2D eigenvalue weighted by Crippen LogP contribution is 2.30. The molecule has 1 fully saturated rings. The fraction of sp³-hybridized carbons (Fsp3) is 0.548. The number of carbonyl (C=O) groups excluding carboxylic acids is 2. The van der Waals surface area contributed by atoms with E-state index >= 15 is 0 Å². The second-order valence-corrected chi connectivity index (χ2v) is 11.3. The molecule has 3 rings (SSSR count). The average molecular weight is 527 g/mol. The molecule has 0 bridgehead atoms. The summed E-state index contributed by atoms with van der Waals surface area (Å²) in [6, 6.07) is 12.2. The van der Waals surface area contributed by atoms with Gasteiger partial charge in [-0.15, -0.1) is 0 Å².